The van der Waals surface area contributed by atoms with Crippen LogP contribution < -0.4 is 4.74 Å². The van der Waals surface area contributed by atoms with E-state index < -0.39 is 11.9 Å². The summed E-state index contributed by atoms with van der Waals surface area (Å²) in [7, 11) is 1.40. The third-order valence-electron chi connectivity index (χ3n) is 3.07. The number of methoxy groups -OCH3 is 1. The number of nitrogens with zero attached hydrogens (tertiary/aromatic N) is 1. The molecule has 4 heteroatoms. The molecule has 1 aromatic carbocycles. The lowest BCUT2D eigenvalue weighted by Crippen LogP contribution is -2.07. The fourth-order valence-electron chi connectivity index (χ4n) is 2.05. The average molecular weight is 261 g/mol. The number of aromatic nitrogens is 1. The van der Waals surface area contributed by atoms with Gasteiger partial charge in [0, 0.05) is 22.5 Å². The quantitative estimate of drug-likeness (QED) is 0.923. The van der Waals surface area contributed by atoms with E-state index in [-0.39, 0.29) is 11.3 Å². The molecule has 0 spiro atoms. The normalized spacial score (nSPS) is 12.3. The molecule has 1 unspecified atom stereocenters. The number of aryl methyl sites for hydroxylation is 2. The standard InChI is InChI=1S/C15H16FNO2/c1-9-7-8-11(10(2)17-9)15(18)12-5-4-6-13(19-3)14(12)16/h4-8,15,18H,1-3H3. The van der Waals surface area contributed by atoms with Crippen LogP contribution in [0.1, 0.15) is 28.6 Å². The zero-order chi connectivity index (χ0) is 14.0. The van der Waals surface area contributed by atoms with Crippen LogP contribution in [0.3, 0.4) is 0 Å². The molecule has 1 heterocycles. The maximum atomic E-state index is 14.1. The fraction of sp³-hybridized carbons (Fsp3) is 0.267. The van der Waals surface area contributed by atoms with Crippen LogP contribution in [0.4, 0.5) is 4.39 Å². The first-order valence-electron chi connectivity index (χ1n) is 5.99. The minimum Gasteiger partial charge on any atom is -0.494 e. The molecule has 1 atom stereocenters. The predicted molar refractivity (Wildman–Crippen MR) is 70.7 cm³/mol. The van der Waals surface area contributed by atoms with Crippen molar-refractivity contribution < 1.29 is 14.2 Å². The Morgan fingerprint density at radius 1 is 1.16 bits per heavy atom. The Hall–Kier alpha value is -1.94. The van der Waals surface area contributed by atoms with Gasteiger partial charge in [0.2, 0.25) is 0 Å². The largest absolute Gasteiger partial charge is 0.494 e. The lowest BCUT2D eigenvalue weighted by Gasteiger charge is -2.16. The molecule has 0 aliphatic rings. The molecule has 0 saturated carbocycles. The van der Waals surface area contributed by atoms with E-state index in [1.54, 1.807) is 31.2 Å². The Morgan fingerprint density at radius 2 is 1.89 bits per heavy atom. The van der Waals surface area contributed by atoms with Gasteiger partial charge in [-0.05, 0) is 26.0 Å². The molecule has 0 amide bonds. The maximum absolute atomic E-state index is 14.1. The van der Waals surface area contributed by atoms with E-state index in [9.17, 15) is 9.50 Å². The Kier molecular flexibility index (Phi) is 3.81. The van der Waals surface area contributed by atoms with Crippen molar-refractivity contribution >= 4 is 0 Å². The van der Waals surface area contributed by atoms with Crippen LogP contribution in [0, 0.1) is 19.7 Å². The molecule has 19 heavy (non-hydrogen) atoms. The second-order valence-electron chi connectivity index (χ2n) is 4.39. The molecule has 0 aliphatic heterocycles. The maximum Gasteiger partial charge on any atom is 0.171 e. The van der Waals surface area contributed by atoms with Gasteiger partial charge < -0.3 is 9.84 Å². The molecule has 100 valence electrons. The number of ether oxygens (including phenoxy) is 1. The Balaban J connectivity index is 2.47. The van der Waals surface area contributed by atoms with E-state index in [0.29, 0.717) is 11.3 Å². The van der Waals surface area contributed by atoms with Crippen LogP contribution in [0.5, 0.6) is 5.75 Å². The number of rotatable bonds is 3. The van der Waals surface area contributed by atoms with Gasteiger partial charge in [-0.15, -0.1) is 0 Å². The molecule has 0 fully saturated rings. The van der Waals surface area contributed by atoms with Crippen molar-refractivity contribution in [2.24, 2.45) is 0 Å². The van der Waals surface area contributed by atoms with Crippen molar-refractivity contribution in [2.45, 2.75) is 20.0 Å². The van der Waals surface area contributed by atoms with Crippen molar-refractivity contribution in [3.8, 4) is 5.75 Å². The molecule has 0 radical (unpaired) electrons. The topological polar surface area (TPSA) is 42.4 Å². The highest BCUT2D eigenvalue weighted by molar-refractivity contribution is 5.38. The molecule has 1 aromatic heterocycles. The van der Waals surface area contributed by atoms with E-state index >= 15 is 0 Å². The molecule has 2 aromatic rings. The van der Waals surface area contributed by atoms with Gasteiger partial charge in [0.25, 0.3) is 0 Å². The molecule has 0 bridgehead atoms. The second-order valence-corrected chi connectivity index (χ2v) is 4.39. The highest BCUT2D eigenvalue weighted by atomic mass is 19.1. The van der Waals surface area contributed by atoms with Gasteiger partial charge in [-0.1, -0.05) is 18.2 Å². The van der Waals surface area contributed by atoms with Crippen molar-refractivity contribution in [2.75, 3.05) is 7.11 Å². The third kappa shape index (κ3) is 2.58. The van der Waals surface area contributed by atoms with Crippen LogP contribution in [-0.2, 0) is 0 Å². The summed E-state index contributed by atoms with van der Waals surface area (Å²) in [4.78, 5) is 4.28. The van der Waals surface area contributed by atoms with E-state index in [1.165, 1.54) is 13.2 Å². The van der Waals surface area contributed by atoms with Gasteiger partial charge >= 0.3 is 0 Å². The lowest BCUT2D eigenvalue weighted by molar-refractivity contribution is 0.212. The summed E-state index contributed by atoms with van der Waals surface area (Å²) in [5.41, 5.74) is 2.33. The van der Waals surface area contributed by atoms with Crippen molar-refractivity contribution in [1.29, 1.82) is 0 Å². The first-order chi connectivity index (χ1) is 9.04. The first-order valence-corrected chi connectivity index (χ1v) is 5.99. The number of pyridine rings is 1. The molecule has 2 rings (SSSR count). The minimum absolute atomic E-state index is 0.120. The summed E-state index contributed by atoms with van der Waals surface area (Å²) in [6, 6.07) is 8.27. The number of benzene rings is 1. The molecular weight excluding hydrogens is 245 g/mol. The van der Waals surface area contributed by atoms with Crippen LogP contribution in [0.25, 0.3) is 0 Å². The first kappa shape index (κ1) is 13.5. The molecular formula is C15H16FNO2. The van der Waals surface area contributed by atoms with E-state index in [2.05, 4.69) is 4.98 Å². The lowest BCUT2D eigenvalue weighted by atomic mass is 9.99. The van der Waals surface area contributed by atoms with Crippen LogP contribution in [0.15, 0.2) is 30.3 Å². The summed E-state index contributed by atoms with van der Waals surface area (Å²) in [6.07, 6.45) is -1.05. The average Bonchev–Trinajstić information content (AvgIpc) is 2.38. The van der Waals surface area contributed by atoms with Crippen LogP contribution >= 0.6 is 0 Å². The summed E-state index contributed by atoms with van der Waals surface area (Å²) < 4.78 is 19.0. The van der Waals surface area contributed by atoms with Gasteiger partial charge in [-0.2, -0.15) is 0 Å². The highest BCUT2D eigenvalue weighted by Gasteiger charge is 2.19. The van der Waals surface area contributed by atoms with Gasteiger partial charge in [0.15, 0.2) is 11.6 Å². The SMILES string of the molecule is COc1cccc(C(O)c2ccc(C)nc2C)c1F. The molecule has 1 N–H and O–H groups in total. The summed E-state index contributed by atoms with van der Waals surface area (Å²) in [5.74, 6) is -0.424. The predicted octanol–water partition coefficient (Wildman–Crippen LogP) is 2.93. The number of hydrogen-bond donors (Lipinski definition) is 1. The number of aliphatic hydroxyl groups excluding tert-OH is 1. The minimum atomic E-state index is -1.05. The fourth-order valence-corrected chi connectivity index (χ4v) is 2.05. The monoisotopic (exact) mass is 261 g/mol. The zero-order valence-corrected chi connectivity index (χ0v) is 11.1. The van der Waals surface area contributed by atoms with E-state index in [0.717, 1.165) is 5.69 Å². The van der Waals surface area contributed by atoms with Gasteiger partial charge in [-0.3, -0.25) is 4.98 Å². The summed E-state index contributed by atoms with van der Waals surface area (Å²) >= 11 is 0. The number of halogens is 1. The summed E-state index contributed by atoms with van der Waals surface area (Å²) in [5, 5.41) is 10.3. The Morgan fingerprint density at radius 3 is 2.53 bits per heavy atom. The van der Waals surface area contributed by atoms with Crippen molar-refractivity contribution in [1.82, 2.24) is 4.98 Å². The van der Waals surface area contributed by atoms with Gasteiger partial charge in [0.05, 0.1) is 7.11 Å². The van der Waals surface area contributed by atoms with Gasteiger partial charge in [0.1, 0.15) is 6.10 Å². The zero-order valence-electron chi connectivity index (χ0n) is 11.1. The van der Waals surface area contributed by atoms with E-state index in [1.807, 2.05) is 6.92 Å². The Labute approximate surface area is 111 Å². The number of hydrogen-bond acceptors (Lipinski definition) is 3. The van der Waals surface area contributed by atoms with Crippen LogP contribution in [-0.4, -0.2) is 17.2 Å². The smallest absolute Gasteiger partial charge is 0.171 e. The summed E-state index contributed by atoms with van der Waals surface area (Å²) in [6.45, 7) is 3.67. The highest BCUT2D eigenvalue weighted by Crippen LogP contribution is 2.30. The van der Waals surface area contributed by atoms with Crippen molar-refractivity contribution in [3.63, 3.8) is 0 Å². The molecule has 3 nitrogen and oxygen atoms in total. The Bertz CT molecular complexity index is 599. The molecule has 0 saturated heterocycles. The van der Waals surface area contributed by atoms with E-state index in [4.69, 9.17) is 4.74 Å². The third-order valence-corrected chi connectivity index (χ3v) is 3.07. The number of aliphatic hydroxyl groups is 1. The second kappa shape index (κ2) is 5.36. The van der Waals surface area contributed by atoms with Gasteiger partial charge in [-0.25, -0.2) is 4.39 Å². The van der Waals surface area contributed by atoms with Crippen molar-refractivity contribution in [3.05, 3.63) is 58.7 Å². The molecule has 0 aliphatic carbocycles. The van der Waals surface area contributed by atoms with Crippen LogP contribution in [0.2, 0.25) is 0 Å².